The maximum Gasteiger partial charge on any atom is 0.248 e. The molecule has 2 aromatic carbocycles. The van der Waals surface area contributed by atoms with Crippen LogP contribution in [0.15, 0.2) is 42.5 Å². The van der Waals surface area contributed by atoms with Gasteiger partial charge in [0.1, 0.15) is 11.5 Å². The molecule has 0 fully saturated rings. The first-order valence-corrected chi connectivity index (χ1v) is 7.31. The number of carbonyl (C=O) groups excluding carboxylic acids is 1. The lowest BCUT2D eigenvalue weighted by Gasteiger charge is -2.09. The lowest BCUT2D eigenvalue weighted by Crippen LogP contribution is -2.07. The molecule has 0 atom stereocenters. The van der Waals surface area contributed by atoms with Crippen molar-refractivity contribution in [3.05, 3.63) is 48.0 Å². The van der Waals surface area contributed by atoms with Crippen molar-refractivity contribution in [1.29, 1.82) is 0 Å². The van der Waals surface area contributed by atoms with Crippen molar-refractivity contribution in [2.24, 2.45) is 0 Å². The van der Waals surface area contributed by atoms with E-state index in [-0.39, 0.29) is 12.7 Å². The molecule has 0 unspecified atom stereocenters. The Morgan fingerprint density at radius 2 is 1.79 bits per heavy atom. The van der Waals surface area contributed by atoms with E-state index in [9.17, 15) is 4.79 Å². The summed E-state index contributed by atoms with van der Waals surface area (Å²) in [6.07, 6.45) is 3.07. The summed E-state index contributed by atoms with van der Waals surface area (Å²) >= 11 is 0. The standard InChI is InChI=1S/C18H17NO5/c1-21-14-4-3-5-15(22-2)13(14)7-9-18(20)19-12-6-8-16-17(10-12)24-11-23-16/h3-10H,11H2,1-2H3,(H,19,20)/b9-7+. The van der Waals surface area contributed by atoms with Crippen LogP contribution in [0.25, 0.3) is 6.08 Å². The van der Waals surface area contributed by atoms with Gasteiger partial charge < -0.3 is 24.3 Å². The van der Waals surface area contributed by atoms with Gasteiger partial charge in [0.25, 0.3) is 0 Å². The second-order valence-corrected chi connectivity index (χ2v) is 4.97. The summed E-state index contributed by atoms with van der Waals surface area (Å²) in [6, 6.07) is 10.7. The predicted octanol–water partition coefficient (Wildman–Crippen LogP) is 3.08. The zero-order valence-electron chi connectivity index (χ0n) is 13.4. The lowest BCUT2D eigenvalue weighted by molar-refractivity contribution is -0.111. The van der Waals surface area contributed by atoms with E-state index >= 15 is 0 Å². The molecule has 6 nitrogen and oxygen atoms in total. The first-order valence-electron chi connectivity index (χ1n) is 7.31. The van der Waals surface area contributed by atoms with Gasteiger partial charge in [-0.25, -0.2) is 0 Å². The van der Waals surface area contributed by atoms with E-state index < -0.39 is 0 Å². The molecule has 0 bridgehead atoms. The molecule has 3 rings (SSSR count). The molecule has 24 heavy (non-hydrogen) atoms. The predicted molar refractivity (Wildman–Crippen MR) is 89.8 cm³/mol. The second kappa shape index (κ2) is 6.95. The number of nitrogens with one attached hydrogen (secondary N) is 1. The minimum atomic E-state index is -0.276. The molecule has 1 N–H and O–H groups in total. The quantitative estimate of drug-likeness (QED) is 0.855. The van der Waals surface area contributed by atoms with Gasteiger partial charge >= 0.3 is 0 Å². The molecule has 0 radical (unpaired) electrons. The molecule has 0 saturated heterocycles. The van der Waals surface area contributed by atoms with Crippen molar-refractivity contribution < 1.29 is 23.7 Å². The first-order chi connectivity index (χ1) is 11.7. The number of ether oxygens (including phenoxy) is 4. The number of fused-ring (bicyclic) bond motifs is 1. The Kier molecular flexibility index (Phi) is 4.56. The van der Waals surface area contributed by atoms with Crippen LogP contribution in [0, 0.1) is 0 Å². The highest BCUT2D eigenvalue weighted by molar-refractivity contribution is 6.02. The summed E-state index contributed by atoms with van der Waals surface area (Å²) < 4.78 is 21.1. The summed E-state index contributed by atoms with van der Waals surface area (Å²) in [5, 5.41) is 2.77. The van der Waals surface area contributed by atoms with Crippen molar-refractivity contribution in [2.45, 2.75) is 0 Å². The zero-order valence-corrected chi connectivity index (χ0v) is 13.4. The molecule has 0 aromatic heterocycles. The molecule has 124 valence electrons. The molecule has 1 amide bonds. The van der Waals surface area contributed by atoms with E-state index in [4.69, 9.17) is 18.9 Å². The molecule has 1 aliphatic rings. The summed E-state index contributed by atoms with van der Waals surface area (Å²) in [6.45, 7) is 0.195. The highest BCUT2D eigenvalue weighted by Gasteiger charge is 2.13. The summed E-state index contributed by atoms with van der Waals surface area (Å²) in [7, 11) is 3.14. The van der Waals surface area contributed by atoms with Gasteiger partial charge in [-0.1, -0.05) is 6.07 Å². The van der Waals surface area contributed by atoms with Crippen LogP contribution in [0.2, 0.25) is 0 Å². The molecule has 0 spiro atoms. The monoisotopic (exact) mass is 327 g/mol. The third-order valence-corrected chi connectivity index (χ3v) is 3.51. The fourth-order valence-electron chi connectivity index (χ4n) is 2.36. The Hall–Kier alpha value is -3.15. The minimum absolute atomic E-state index is 0.195. The Morgan fingerprint density at radius 1 is 1.08 bits per heavy atom. The Morgan fingerprint density at radius 3 is 2.50 bits per heavy atom. The van der Waals surface area contributed by atoms with Gasteiger partial charge in [-0.2, -0.15) is 0 Å². The van der Waals surface area contributed by atoms with Crippen LogP contribution < -0.4 is 24.3 Å². The van der Waals surface area contributed by atoms with Gasteiger partial charge in [0.05, 0.1) is 19.8 Å². The fourth-order valence-corrected chi connectivity index (χ4v) is 2.36. The number of amides is 1. The van der Waals surface area contributed by atoms with E-state index in [1.807, 2.05) is 6.07 Å². The molecular formula is C18H17NO5. The van der Waals surface area contributed by atoms with Crippen molar-refractivity contribution in [3.8, 4) is 23.0 Å². The summed E-state index contributed by atoms with van der Waals surface area (Å²) in [5.74, 6) is 2.26. The molecular weight excluding hydrogens is 310 g/mol. The van der Waals surface area contributed by atoms with Crippen LogP contribution in [-0.4, -0.2) is 26.9 Å². The van der Waals surface area contributed by atoms with E-state index in [0.717, 1.165) is 0 Å². The van der Waals surface area contributed by atoms with Gasteiger partial charge in [-0.05, 0) is 30.3 Å². The highest BCUT2D eigenvalue weighted by atomic mass is 16.7. The second-order valence-electron chi connectivity index (χ2n) is 4.97. The van der Waals surface area contributed by atoms with Crippen LogP contribution in [-0.2, 0) is 4.79 Å². The number of methoxy groups -OCH3 is 2. The molecule has 1 aliphatic heterocycles. The number of carbonyl (C=O) groups is 1. The van der Waals surface area contributed by atoms with E-state index in [0.29, 0.717) is 34.2 Å². The molecule has 2 aromatic rings. The number of anilines is 1. The minimum Gasteiger partial charge on any atom is -0.496 e. The topological polar surface area (TPSA) is 66.0 Å². The normalized spacial score (nSPS) is 12.2. The van der Waals surface area contributed by atoms with Crippen LogP contribution in [0.4, 0.5) is 5.69 Å². The summed E-state index contributed by atoms with van der Waals surface area (Å²) in [5.41, 5.74) is 1.32. The van der Waals surface area contributed by atoms with Gasteiger partial charge in [0, 0.05) is 17.8 Å². The van der Waals surface area contributed by atoms with Crippen LogP contribution in [0.5, 0.6) is 23.0 Å². The third kappa shape index (κ3) is 3.27. The maximum absolute atomic E-state index is 12.1. The first kappa shape index (κ1) is 15.7. The van der Waals surface area contributed by atoms with Crippen molar-refractivity contribution in [3.63, 3.8) is 0 Å². The van der Waals surface area contributed by atoms with Crippen molar-refractivity contribution >= 4 is 17.7 Å². The molecule has 6 heteroatoms. The third-order valence-electron chi connectivity index (χ3n) is 3.51. The molecule has 0 aliphatic carbocycles. The Labute approximate surface area is 139 Å². The average molecular weight is 327 g/mol. The van der Waals surface area contributed by atoms with Crippen LogP contribution in [0.3, 0.4) is 0 Å². The van der Waals surface area contributed by atoms with Crippen molar-refractivity contribution in [1.82, 2.24) is 0 Å². The molecule has 1 heterocycles. The number of hydrogen-bond acceptors (Lipinski definition) is 5. The van der Waals surface area contributed by atoms with Gasteiger partial charge in [0.2, 0.25) is 12.7 Å². The zero-order chi connectivity index (χ0) is 16.9. The SMILES string of the molecule is COc1cccc(OC)c1/C=C/C(=O)Nc1ccc2c(c1)OCO2. The van der Waals surface area contributed by atoms with E-state index in [1.165, 1.54) is 6.08 Å². The smallest absolute Gasteiger partial charge is 0.248 e. The van der Waals surface area contributed by atoms with Gasteiger partial charge in [-0.15, -0.1) is 0 Å². The highest BCUT2D eigenvalue weighted by Crippen LogP contribution is 2.34. The van der Waals surface area contributed by atoms with Crippen LogP contribution in [0.1, 0.15) is 5.56 Å². The fraction of sp³-hybridized carbons (Fsp3) is 0.167. The number of rotatable bonds is 5. The van der Waals surface area contributed by atoms with Gasteiger partial charge in [0.15, 0.2) is 11.5 Å². The van der Waals surface area contributed by atoms with E-state index in [2.05, 4.69) is 5.32 Å². The van der Waals surface area contributed by atoms with Crippen molar-refractivity contribution in [2.75, 3.05) is 26.3 Å². The largest absolute Gasteiger partial charge is 0.496 e. The Bertz CT molecular complexity index is 763. The van der Waals surface area contributed by atoms with Gasteiger partial charge in [-0.3, -0.25) is 4.79 Å². The lowest BCUT2D eigenvalue weighted by atomic mass is 10.1. The molecule has 0 saturated carbocycles. The average Bonchev–Trinajstić information content (AvgIpc) is 3.07. The number of benzene rings is 2. The Balaban J connectivity index is 1.74. The maximum atomic E-state index is 12.1. The number of hydrogen-bond donors (Lipinski definition) is 1. The van der Waals surface area contributed by atoms with E-state index in [1.54, 1.807) is 50.6 Å². The summed E-state index contributed by atoms with van der Waals surface area (Å²) in [4.78, 5) is 12.1. The van der Waals surface area contributed by atoms with Crippen LogP contribution >= 0.6 is 0 Å².